The van der Waals surface area contributed by atoms with Crippen molar-refractivity contribution in [1.29, 1.82) is 0 Å². The van der Waals surface area contributed by atoms with Crippen molar-refractivity contribution in [1.82, 2.24) is 0 Å². The number of rotatable bonds is 24. The van der Waals surface area contributed by atoms with Crippen LogP contribution in [0.4, 0.5) is 0 Å². The van der Waals surface area contributed by atoms with Crippen LogP contribution in [0.15, 0.2) is 23.8 Å². The van der Waals surface area contributed by atoms with Gasteiger partial charge < -0.3 is 31.7 Å². The average Bonchev–Trinajstić information content (AvgIpc) is 2.94. The van der Waals surface area contributed by atoms with Crippen molar-refractivity contribution in [3.05, 3.63) is 23.8 Å². The number of carboxylic acids is 1. The third-order valence-electron chi connectivity index (χ3n) is 6.52. The Balaban J connectivity index is 0. The fourth-order valence-electron chi connectivity index (χ4n) is 3.70. The van der Waals surface area contributed by atoms with Gasteiger partial charge >= 0.3 is 23.6 Å². The van der Waals surface area contributed by atoms with Crippen molar-refractivity contribution in [2.45, 2.75) is 103 Å². The van der Waals surface area contributed by atoms with Crippen LogP contribution in [0.5, 0.6) is 0 Å². The van der Waals surface area contributed by atoms with Crippen molar-refractivity contribution in [3.63, 3.8) is 0 Å². The summed E-state index contributed by atoms with van der Waals surface area (Å²) in [5.41, 5.74) is 0.930. The second-order valence-electron chi connectivity index (χ2n) is 9.54. The highest BCUT2D eigenvalue weighted by molar-refractivity contribution is 6.61. The molecule has 0 spiro atoms. The molecule has 1 N–H and O–H groups in total. The fourth-order valence-corrected chi connectivity index (χ4v) is 7.48. The SMILES string of the molecule is C=C(C)C(=O)CO[Si](CCCCCCC)(OC)OC.CO[Si](CCCCCCCC=C(C)C(=O)O)(OC)OC. The zero-order valence-corrected chi connectivity index (χ0v) is 27.9. The highest BCUT2D eigenvalue weighted by Crippen LogP contribution is 2.20. The number of Topliss-reactive ketones (excluding diaryl/α,β-unsaturated/α-hetero) is 1. The van der Waals surface area contributed by atoms with Gasteiger partial charge in [0.1, 0.15) is 6.61 Å². The van der Waals surface area contributed by atoms with Crippen molar-refractivity contribution in [2.75, 3.05) is 42.2 Å². The van der Waals surface area contributed by atoms with E-state index in [4.69, 9.17) is 31.7 Å². The van der Waals surface area contributed by atoms with E-state index < -0.39 is 23.6 Å². The minimum atomic E-state index is -2.67. The maximum atomic E-state index is 11.5. The van der Waals surface area contributed by atoms with E-state index in [2.05, 4.69) is 13.5 Å². The lowest BCUT2D eigenvalue weighted by molar-refractivity contribution is -0.132. The zero-order chi connectivity index (χ0) is 30.2. The Morgan fingerprint density at radius 1 is 0.718 bits per heavy atom. The van der Waals surface area contributed by atoms with Gasteiger partial charge in [-0.15, -0.1) is 0 Å². The van der Waals surface area contributed by atoms with Crippen molar-refractivity contribution in [3.8, 4) is 0 Å². The minimum absolute atomic E-state index is 0.00179. The van der Waals surface area contributed by atoms with Gasteiger partial charge in [0, 0.05) is 53.2 Å². The molecule has 0 aliphatic rings. The molecule has 0 aliphatic heterocycles. The molecule has 0 atom stereocenters. The van der Waals surface area contributed by atoms with Gasteiger partial charge in [0.15, 0.2) is 5.78 Å². The molecule has 0 saturated heterocycles. The first-order chi connectivity index (χ1) is 18.5. The summed E-state index contributed by atoms with van der Waals surface area (Å²) in [7, 11) is 3.02. The lowest BCUT2D eigenvalue weighted by Crippen LogP contribution is -2.45. The van der Waals surface area contributed by atoms with Crippen molar-refractivity contribution in [2.24, 2.45) is 0 Å². The molecule has 230 valence electrons. The molecule has 0 amide bonds. The summed E-state index contributed by atoms with van der Waals surface area (Å²) in [4.78, 5) is 22.1. The Kier molecular flexibility index (Phi) is 25.2. The van der Waals surface area contributed by atoms with E-state index in [-0.39, 0.29) is 12.4 Å². The van der Waals surface area contributed by atoms with Gasteiger partial charge in [-0.1, -0.05) is 64.5 Å². The first-order valence-electron chi connectivity index (χ1n) is 14.0. The van der Waals surface area contributed by atoms with Gasteiger partial charge in [0.25, 0.3) is 0 Å². The molecule has 0 heterocycles. The molecule has 0 saturated carbocycles. The van der Waals surface area contributed by atoms with E-state index in [9.17, 15) is 9.59 Å². The Hall–Kier alpha value is -1.19. The number of ketones is 1. The predicted octanol–water partition coefficient (Wildman–Crippen LogP) is 6.59. The van der Waals surface area contributed by atoms with Crippen LogP contribution in [0.2, 0.25) is 12.1 Å². The smallest absolute Gasteiger partial charge is 0.478 e. The molecule has 0 aromatic carbocycles. The van der Waals surface area contributed by atoms with Gasteiger partial charge in [-0.3, -0.25) is 4.79 Å². The molecular formula is C28H56O9Si2. The second-order valence-corrected chi connectivity index (χ2v) is 15.6. The van der Waals surface area contributed by atoms with Crippen LogP contribution in [0, 0.1) is 0 Å². The van der Waals surface area contributed by atoms with Gasteiger partial charge in [0.05, 0.1) is 0 Å². The minimum Gasteiger partial charge on any atom is -0.478 e. The number of allylic oxidation sites excluding steroid dienone is 1. The number of carbonyl (C=O) groups is 2. The van der Waals surface area contributed by atoms with Gasteiger partial charge in [-0.25, -0.2) is 4.79 Å². The molecule has 0 aromatic rings. The standard InChI is InChI=1S/C14H28O5Si.C14H28O4Si/c1-13(14(15)16)11-9-7-5-6-8-10-12-20(17-2,18-3)19-4;1-6-7-8-9-10-11-19(16-4,17-5)18-12-14(15)13(2)3/h11H,5-10,12H2,1-4H3,(H,15,16);2,6-12H2,1,3-5H3. The van der Waals surface area contributed by atoms with Crippen LogP contribution in [0.3, 0.4) is 0 Å². The van der Waals surface area contributed by atoms with Crippen molar-refractivity contribution < 1.29 is 41.3 Å². The molecular weight excluding hydrogens is 536 g/mol. The molecule has 0 rings (SSSR count). The molecule has 0 aromatic heterocycles. The number of aliphatic carboxylic acids is 1. The summed E-state index contributed by atoms with van der Waals surface area (Å²) >= 11 is 0. The van der Waals surface area contributed by atoms with E-state index in [1.54, 1.807) is 55.5 Å². The number of unbranched alkanes of at least 4 members (excludes halogenated alkanes) is 9. The number of hydrogen-bond acceptors (Lipinski definition) is 8. The number of hydrogen-bond donors (Lipinski definition) is 1. The summed E-state index contributed by atoms with van der Waals surface area (Å²) < 4.78 is 32.6. The third-order valence-corrected chi connectivity index (χ3v) is 12.1. The summed E-state index contributed by atoms with van der Waals surface area (Å²) in [5, 5.41) is 8.70. The predicted molar refractivity (Wildman–Crippen MR) is 160 cm³/mol. The van der Waals surface area contributed by atoms with E-state index in [0.717, 1.165) is 63.5 Å². The van der Waals surface area contributed by atoms with Crippen LogP contribution in [0.25, 0.3) is 0 Å². The summed E-state index contributed by atoms with van der Waals surface area (Å²) in [5.74, 6) is -0.929. The molecule has 0 fully saturated rings. The lowest BCUT2D eigenvalue weighted by atomic mass is 10.1. The number of carboxylic acid groups (broad SMARTS) is 1. The van der Waals surface area contributed by atoms with Crippen LogP contribution < -0.4 is 0 Å². The Morgan fingerprint density at radius 3 is 1.59 bits per heavy atom. The summed E-state index contributed by atoms with van der Waals surface area (Å²) in [6.45, 7) is 9.11. The van der Waals surface area contributed by atoms with Crippen LogP contribution in [0.1, 0.15) is 91.4 Å². The molecule has 0 unspecified atom stereocenters. The maximum Gasteiger partial charge on any atom is 0.500 e. The first kappa shape index (κ1) is 40.0. The average molecular weight is 593 g/mol. The largest absolute Gasteiger partial charge is 0.500 e. The molecule has 0 radical (unpaired) electrons. The zero-order valence-electron chi connectivity index (χ0n) is 25.9. The second kappa shape index (κ2) is 24.6. The molecule has 0 aliphatic carbocycles. The summed E-state index contributed by atoms with van der Waals surface area (Å²) in [6, 6.07) is 1.60. The monoisotopic (exact) mass is 592 g/mol. The van der Waals surface area contributed by atoms with Crippen LogP contribution >= 0.6 is 0 Å². The van der Waals surface area contributed by atoms with E-state index in [1.165, 1.54) is 19.3 Å². The van der Waals surface area contributed by atoms with Crippen LogP contribution in [-0.4, -0.2) is 76.6 Å². The highest BCUT2D eigenvalue weighted by atomic mass is 28.4. The Bertz CT molecular complexity index is 682. The lowest BCUT2D eigenvalue weighted by Gasteiger charge is -2.26. The molecule has 0 bridgehead atoms. The van der Waals surface area contributed by atoms with Gasteiger partial charge in [0.2, 0.25) is 0 Å². The van der Waals surface area contributed by atoms with E-state index >= 15 is 0 Å². The maximum absolute atomic E-state index is 11.5. The molecule has 39 heavy (non-hydrogen) atoms. The first-order valence-corrected chi connectivity index (χ1v) is 17.9. The van der Waals surface area contributed by atoms with Gasteiger partial charge in [-0.05, 0) is 45.1 Å². The van der Waals surface area contributed by atoms with Crippen LogP contribution in [-0.2, 0) is 36.1 Å². The topological polar surface area (TPSA) is 110 Å². The normalized spacial score (nSPS) is 12.2. The fraction of sp³-hybridized carbons (Fsp3) is 0.786. The quantitative estimate of drug-likeness (QED) is 0.0754. The highest BCUT2D eigenvalue weighted by Gasteiger charge is 2.39. The third kappa shape index (κ3) is 19.5. The Labute approximate surface area is 240 Å². The van der Waals surface area contributed by atoms with E-state index in [0.29, 0.717) is 11.1 Å². The number of carbonyl (C=O) groups excluding carboxylic acids is 1. The molecule has 11 heteroatoms. The summed E-state index contributed by atoms with van der Waals surface area (Å²) in [6.07, 6.45) is 13.9. The van der Waals surface area contributed by atoms with Crippen molar-refractivity contribution >= 4 is 29.4 Å². The van der Waals surface area contributed by atoms with E-state index in [1.807, 2.05) is 0 Å². The van der Waals surface area contributed by atoms with Gasteiger partial charge in [-0.2, -0.15) is 0 Å². The Morgan fingerprint density at radius 2 is 1.15 bits per heavy atom. The molecule has 9 nitrogen and oxygen atoms in total.